The van der Waals surface area contributed by atoms with Gasteiger partial charge in [-0.05, 0) is 72.1 Å². The molecule has 3 aromatic rings. The fourth-order valence-electron chi connectivity index (χ4n) is 3.80. The number of benzene rings is 3. The lowest BCUT2D eigenvalue weighted by Crippen LogP contribution is -2.50. The van der Waals surface area contributed by atoms with E-state index in [1.807, 2.05) is 6.07 Å². The lowest BCUT2D eigenvalue weighted by molar-refractivity contribution is -0.120. The first-order valence-corrected chi connectivity index (χ1v) is 10.3. The van der Waals surface area contributed by atoms with Gasteiger partial charge in [0.2, 0.25) is 5.91 Å². The summed E-state index contributed by atoms with van der Waals surface area (Å²) in [6.07, 6.45) is 0.707. The first kappa shape index (κ1) is 22.0. The van der Waals surface area contributed by atoms with Crippen molar-refractivity contribution in [2.45, 2.75) is 18.9 Å². The van der Waals surface area contributed by atoms with Crippen molar-refractivity contribution in [1.29, 1.82) is 5.26 Å². The summed E-state index contributed by atoms with van der Waals surface area (Å²) in [6.45, 7) is 0.378. The van der Waals surface area contributed by atoms with Crippen LogP contribution in [0.25, 0.3) is 0 Å². The molecule has 6 nitrogen and oxygen atoms in total. The lowest BCUT2D eigenvalue weighted by atomic mass is 10.0. The number of urea groups is 1. The monoisotopic (exact) mass is 446 g/mol. The molecule has 0 fully saturated rings. The minimum Gasteiger partial charge on any atom is -0.326 e. The number of amides is 3. The zero-order chi connectivity index (χ0) is 23.4. The van der Waals surface area contributed by atoms with E-state index in [0.29, 0.717) is 29.9 Å². The third-order valence-corrected chi connectivity index (χ3v) is 5.43. The Morgan fingerprint density at radius 3 is 2.39 bits per heavy atom. The third kappa shape index (κ3) is 5.15. The van der Waals surface area contributed by atoms with Crippen molar-refractivity contribution in [3.8, 4) is 6.07 Å². The van der Waals surface area contributed by atoms with Crippen molar-refractivity contribution in [3.05, 3.63) is 95.1 Å². The van der Waals surface area contributed by atoms with Gasteiger partial charge in [-0.15, -0.1) is 0 Å². The summed E-state index contributed by atoms with van der Waals surface area (Å²) in [5, 5.41) is 14.3. The predicted molar refractivity (Wildman–Crippen MR) is 120 cm³/mol. The van der Waals surface area contributed by atoms with Gasteiger partial charge in [0.25, 0.3) is 0 Å². The molecule has 0 radical (unpaired) electrons. The molecular formula is C25H20F2N4O2. The molecule has 166 valence electrons. The first-order chi connectivity index (χ1) is 15.9. The van der Waals surface area contributed by atoms with Crippen LogP contribution < -0.4 is 15.5 Å². The number of nitriles is 1. The van der Waals surface area contributed by atoms with Crippen molar-refractivity contribution in [3.63, 3.8) is 0 Å². The number of nitrogens with zero attached hydrogens (tertiary/aromatic N) is 2. The van der Waals surface area contributed by atoms with Crippen LogP contribution in [-0.2, 0) is 17.6 Å². The molecule has 1 aliphatic rings. The zero-order valence-corrected chi connectivity index (χ0v) is 17.5. The minimum absolute atomic E-state index is 0.189. The van der Waals surface area contributed by atoms with E-state index in [4.69, 9.17) is 5.26 Å². The maximum Gasteiger partial charge on any atom is 0.319 e. The van der Waals surface area contributed by atoms with Gasteiger partial charge in [-0.2, -0.15) is 5.26 Å². The predicted octanol–water partition coefficient (Wildman–Crippen LogP) is 4.16. The molecule has 0 aliphatic carbocycles. The van der Waals surface area contributed by atoms with Crippen LogP contribution in [0.1, 0.15) is 16.7 Å². The molecule has 0 bridgehead atoms. The Labute approximate surface area is 189 Å². The van der Waals surface area contributed by atoms with E-state index in [0.717, 1.165) is 11.1 Å². The highest BCUT2D eigenvalue weighted by Gasteiger charge is 2.31. The summed E-state index contributed by atoms with van der Waals surface area (Å²) in [5.74, 6) is -1.13. The number of fused-ring (bicyclic) bond motifs is 1. The number of carbonyl (C=O) groups excluding carboxylic acids is 2. The standard InChI is InChI=1S/C25H20F2N4O2/c26-19-5-8-21(9-6-19)29-25(33)30-22(13-16-1-3-17(15-28)4-2-16)24(32)31-12-11-18-14-20(27)7-10-23(18)31/h1-10,14,22H,11-13H2,(H2,29,30,33). The maximum absolute atomic E-state index is 13.6. The van der Waals surface area contributed by atoms with E-state index < -0.39 is 17.9 Å². The van der Waals surface area contributed by atoms with Gasteiger partial charge in [0, 0.05) is 24.3 Å². The van der Waals surface area contributed by atoms with E-state index in [-0.39, 0.29) is 18.1 Å². The lowest BCUT2D eigenvalue weighted by Gasteiger charge is -2.25. The highest BCUT2D eigenvalue weighted by molar-refractivity contribution is 6.02. The topological polar surface area (TPSA) is 85.2 Å². The molecule has 2 N–H and O–H groups in total. The molecule has 4 rings (SSSR count). The number of hydrogen-bond acceptors (Lipinski definition) is 3. The van der Waals surface area contributed by atoms with Crippen molar-refractivity contribution in [2.24, 2.45) is 0 Å². The fourth-order valence-corrected chi connectivity index (χ4v) is 3.80. The van der Waals surface area contributed by atoms with E-state index in [1.165, 1.54) is 36.4 Å². The van der Waals surface area contributed by atoms with Crippen LogP contribution >= 0.6 is 0 Å². The third-order valence-electron chi connectivity index (χ3n) is 5.43. The second-order valence-corrected chi connectivity index (χ2v) is 7.68. The fraction of sp³-hybridized carbons (Fsp3) is 0.160. The average Bonchev–Trinajstić information content (AvgIpc) is 3.23. The van der Waals surface area contributed by atoms with Gasteiger partial charge in [-0.25, -0.2) is 13.6 Å². The van der Waals surface area contributed by atoms with Crippen LogP contribution in [0.4, 0.5) is 25.0 Å². The molecule has 1 aliphatic heterocycles. The highest BCUT2D eigenvalue weighted by atomic mass is 19.1. The summed E-state index contributed by atoms with van der Waals surface area (Å²) < 4.78 is 26.7. The molecule has 0 saturated carbocycles. The Morgan fingerprint density at radius 1 is 1.00 bits per heavy atom. The van der Waals surface area contributed by atoms with Crippen LogP contribution in [0.15, 0.2) is 66.7 Å². The smallest absolute Gasteiger partial charge is 0.319 e. The van der Waals surface area contributed by atoms with Gasteiger partial charge in [0.15, 0.2) is 0 Å². The molecule has 0 spiro atoms. The summed E-state index contributed by atoms with van der Waals surface area (Å²) >= 11 is 0. The number of rotatable bonds is 5. The molecule has 1 unspecified atom stereocenters. The number of carbonyl (C=O) groups is 2. The summed E-state index contributed by atoms with van der Waals surface area (Å²) in [7, 11) is 0. The van der Waals surface area contributed by atoms with Gasteiger partial charge in [-0.3, -0.25) is 4.79 Å². The van der Waals surface area contributed by atoms with Crippen LogP contribution in [0.5, 0.6) is 0 Å². The van der Waals surface area contributed by atoms with Gasteiger partial charge < -0.3 is 15.5 Å². The van der Waals surface area contributed by atoms with Gasteiger partial charge in [-0.1, -0.05) is 12.1 Å². The molecule has 3 aromatic carbocycles. The van der Waals surface area contributed by atoms with Crippen molar-refractivity contribution >= 4 is 23.3 Å². The van der Waals surface area contributed by atoms with Crippen LogP contribution in [0.2, 0.25) is 0 Å². The molecule has 8 heteroatoms. The van der Waals surface area contributed by atoms with Crippen LogP contribution in [0.3, 0.4) is 0 Å². The molecule has 0 aromatic heterocycles. The number of halogens is 2. The van der Waals surface area contributed by atoms with Crippen molar-refractivity contribution in [1.82, 2.24) is 5.32 Å². The van der Waals surface area contributed by atoms with Crippen molar-refractivity contribution < 1.29 is 18.4 Å². The molecule has 1 atom stereocenters. The zero-order valence-electron chi connectivity index (χ0n) is 17.5. The molecule has 0 saturated heterocycles. The second kappa shape index (κ2) is 9.49. The number of nitrogens with one attached hydrogen (secondary N) is 2. The van der Waals surface area contributed by atoms with E-state index in [2.05, 4.69) is 10.6 Å². The Kier molecular flexibility index (Phi) is 6.31. The molecule has 3 amide bonds. The van der Waals surface area contributed by atoms with Crippen LogP contribution in [-0.4, -0.2) is 24.5 Å². The summed E-state index contributed by atoms with van der Waals surface area (Å²) in [5.41, 5.74) is 2.97. The first-order valence-electron chi connectivity index (χ1n) is 10.3. The number of hydrogen-bond donors (Lipinski definition) is 2. The quantitative estimate of drug-likeness (QED) is 0.617. The Balaban J connectivity index is 1.55. The number of anilines is 2. The Hall–Kier alpha value is -4.25. The second-order valence-electron chi connectivity index (χ2n) is 7.68. The molecule has 1 heterocycles. The van der Waals surface area contributed by atoms with Crippen LogP contribution in [0, 0.1) is 23.0 Å². The Bertz CT molecular complexity index is 1220. The Morgan fingerprint density at radius 2 is 1.70 bits per heavy atom. The summed E-state index contributed by atoms with van der Waals surface area (Å²) in [4.78, 5) is 27.6. The average molecular weight is 446 g/mol. The molecular weight excluding hydrogens is 426 g/mol. The SMILES string of the molecule is N#Cc1ccc(CC(NC(=O)Nc2ccc(F)cc2)C(=O)N2CCc3cc(F)ccc32)cc1. The summed E-state index contributed by atoms with van der Waals surface area (Å²) in [6, 6.07) is 16.8. The van der Waals surface area contributed by atoms with E-state index in [1.54, 1.807) is 35.2 Å². The minimum atomic E-state index is -0.922. The molecule has 33 heavy (non-hydrogen) atoms. The van der Waals surface area contributed by atoms with E-state index >= 15 is 0 Å². The largest absolute Gasteiger partial charge is 0.326 e. The maximum atomic E-state index is 13.6. The van der Waals surface area contributed by atoms with Gasteiger partial charge in [0.1, 0.15) is 17.7 Å². The highest BCUT2D eigenvalue weighted by Crippen LogP contribution is 2.29. The van der Waals surface area contributed by atoms with Gasteiger partial charge >= 0.3 is 6.03 Å². The normalized spacial score (nSPS) is 13.1. The van der Waals surface area contributed by atoms with E-state index in [9.17, 15) is 18.4 Å². The van der Waals surface area contributed by atoms with Gasteiger partial charge in [0.05, 0.1) is 11.6 Å². The van der Waals surface area contributed by atoms with Crippen molar-refractivity contribution in [2.75, 3.05) is 16.8 Å².